The summed E-state index contributed by atoms with van der Waals surface area (Å²) in [6.07, 6.45) is 0. The first-order valence-electron chi connectivity index (χ1n) is 7.03. The van der Waals surface area contributed by atoms with Crippen LogP contribution in [0.3, 0.4) is 0 Å². The van der Waals surface area contributed by atoms with Crippen molar-refractivity contribution in [2.75, 3.05) is 11.1 Å². The van der Waals surface area contributed by atoms with Gasteiger partial charge in [-0.3, -0.25) is 4.79 Å². The Bertz CT molecular complexity index is 910. The zero-order valence-corrected chi connectivity index (χ0v) is 13.3. The quantitative estimate of drug-likeness (QED) is 0.721. The Kier molecular flexibility index (Phi) is 4.31. The molecule has 6 heteroatoms. The molecule has 0 atom stereocenters. The number of aryl methyl sites for hydroxylation is 1. The van der Waals surface area contributed by atoms with Crippen LogP contribution in [0, 0.1) is 18.3 Å². The predicted molar refractivity (Wildman–Crippen MR) is 91.3 cm³/mol. The van der Waals surface area contributed by atoms with E-state index in [9.17, 15) is 4.79 Å². The minimum Gasteiger partial charge on any atom is -0.333 e. The minimum atomic E-state index is -0.137. The second-order valence-electron chi connectivity index (χ2n) is 5.09. The molecule has 114 valence electrons. The first-order chi connectivity index (χ1) is 11.1. The van der Waals surface area contributed by atoms with Crippen LogP contribution in [0.1, 0.15) is 11.1 Å². The number of carbonyl (C=O) groups is 1. The van der Waals surface area contributed by atoms with E-state index in [0.29, 0.717) is 16.4 Å². The number of fused-ring (bicyclic) bond motifs is 1. The highest BCUT2D eigenvalue weighted by Crippen LogP contribution is 2.20. The molecule has 3 aromatic rings. The number of nitriles is 1. The third-order valence-electron chi connectivity index (χ3n) is 3.23. The lowest BCUT2D eigenvalue weighted by molar-refractivity contribution is -0.113. The van der Waals surface area contributed by atoms with Gasteiger partial charge in [0.2, 0.25) is 5.91 Å². The minimum absolute atomic E-state index is 0.137. The molecule has 0 fully saturated rings. The van der Waals surface area contributed by atoms with Crippen molar-refractivity contribution in [2.24, 2.45) is 0 Å². The van der Waals surface area contributed by atoms with Crippen molar-refractivity contribution in [2.45, 2.75) is 12.1 Å². The number of thioether (sulfide) groups is 1. The van der Waals surface area contributed by atoms with Crippen LogP contribution < -0.4 is 5.32 Å². The molecule has 0 saturated carbocycles. The molecule has 0 saturated heterocycles. The molecule has 0 radical (unpaired) electrons. The van der Waals surface area contributed by atoms with Gasteiger partial charge in [0, 0.05) is 5.69 Å². The van der Waals surface area contributed by atoms with E-state index in [1.807, 2.05) is 31.2 Å². The van der Waals surface area contributed by atoms with Gasteiger partial charge in [-0.15, -0.1) is 0 Å². The fraction of sp³-hybridized carbons (Fsp3) is 0.118. The van der Waals surface area contributed by atoms with Gasteiger partial charge in [0.1, 0.15) is 0 Å². The molecule has 23 heavy (non-hydrogen) atoms. The molecule has 1 heterocycles. The van der Waals surface area contributed by atoms with Crippen LogP contribution in [-0.4, -0.2) is 21.6 Å². The maximum absolute atomic E-state index is 12.0. The summed E-state index contributed by atoms with van der Waals surface area (Å²) in [6.45, 7) is 2.02. The molecule has 2 N–H and O–H groups in total. The fourth-order valence-corrected chi connectivity index (χ4v) is 2.85. The molecule has 0 aliphatic rings. The van der Waals surface area contributed by atoms with Gasteiger partial charge >= 0.3 is 0 Å². The fourth-order valence-electron chi connectivity index (χ4n) is 2.17. The van der Waals surface area contributed by atoms with Gasteiger partial charge in [0.05, 0.1) is 28.4 Å². The van der Waals surface area contributed by atoms with Crippen molar-refractivity contribution in [1.29, 1.82) is 5.26 Å². The molecule has 0 bridgehead atoms. The number of amides is 1. The monoisotopic (exact) mass is 322 g/mol. The summed E-state index contributed by atoms with van der Waals surface area (Å²) in [5.41, 5.74) is 4.15. The third-order valence-corrected chi connectivity index (χ3v) is 4.10. The average molecular weight is 322 g/mol. The van der Waals surface area contributed by atoms with E-state index in [4.69, 9.17) is 5.26 Å². The lowest BCUT2D eigenvalue weighted by Gasteiger charge is -2.04. The van der Waals surface area contributed by atoms with Crippen LogP contribution in [0.25, 0.3) is 11.0 Å². The summed E-state index contributed by atoms with van der Waals surface area (Å²) < 4.78 is 0. The molecule has 3 rings (SSSR count). The summed E-state index contributed by atoms with van der Waals surface area (Å²) in [5.74, 6) is 0.108. The van der Waals surface area contributed by atoms with E-state index in [0.717, 1.165) is 16.6 Å². The molecule has 0 aliphatic carbocycles. The van der Waals surface area contributed by atoms with E-state index < -0.39 is 0 Å². The zero-order chi connectivity index (χ0) is 16.2. The second-order valence-corrected chi connectivity index (χ2v) is 6.06. The number of hydrogen-bond acceptors (Lipinski definition) is 4. The van der Waals surface area contributed by atoms with E-state index >= 15 is 0 Å². The normalized spacial score (nSPS) is 10.4. The first-order valence-corrected chi connectivity index (χ1v) is 8.02. The highest BCUT2D eigenvalue weighted by Gasteiger charge is 2.08. The lowest BCUT2D eigenvalue weighted by atomic mass is 10.2. The SMILES string of the molecule is Cc1ccc2nc(SCC(=O)Nc3cccc(C#N)c3)[nH]c2c1. The Morgan fingerprint density at radius 3 is 3.04 bits per heavy atom. The number of nitrogens with zero attached hydrogens (tertiary/aromatic N) is 2. The molecule has 1 aromatic heterocycles. The molecule has 0 unspecified atom stereocenters. The Labute approximate surface area is 137 Å². The van der Waals surface area contributed by atoms with Crippen LogP contribution in [0.2, 0.25) is 0 Å². The zero-order valence-electron chi connectivity index (χ0n) is 12.5. The number of aromatic amines is 1. The lowest BCUT2D eigenvalue weighted by Crippen LogP contribution is -2.14. The van der Waals surface area contributed by atoms with Crippen LogP contribution in [-0.2, 0) is 4.79 Å². The van der Waals surface area contributed by atoms with Gasteiger partial charge in [0.15, 0.2) is 5.16 Å². The number of carbonyl (C=O) groups excluding carboxylic acids is 1. The number of hydrogen-bond donors (Lipinski definition) is 2. The predicted octanol–water partition coefficient (Wildman–Crippen LogP) is 3.47. The standard InChI is InChI=1S/C17H14N4OS/c1-11-5-6-14-15(7-11)21-17(20-14)23-10-16(22)19-13-4-2-3-12(8-13)9-18/h2-8H,10H2,1H3,(H,19,22)(H,20,21). The third kappa shape index (κ3) is 3.71. The van der Waals surface area contributed by atoms with Crippen molar-refractivity contribution >= 4 is 34.4 Å². The van der Waals surface area contributed by atoms with Gasteiger partial charge in [-0.25, -0.2) is 4.98 Å². The van der Waals surface area contributed by atoms with E-state index in [-0.39, 0.29) is 11.7 Å². The summed E-state index contributed by atoms with van der Waals surface area (Å²) in [6, 6.07) is 14.9. The summed E-state index contributed by atoms with van der Waals surface area (Å²) in [7, 11) is 0. The van der Waals surface area contributed by atoms with Crippen molar-refractivity contribution in [3.05, 3.63) is 53.6 Å². The van der Waals surface area contributed by atoms with E-state index in [2.05, 4.69) is 15.3 Å². The summed E-state index contributed by atoms with van der Waals surface area (Å²) in [5, 5.41) is 12.3. The summed E-state index contributed by atoms with van der Waals surface area (Å²) in [4.78, 5) is 19.6. The number of anilines is 1. The number of rotatable bonds is 4. The van der Waals surface area contributed by atoms with Crippen LogP contribution in [0.4, 0.5) is 5.69 Å². The maximum Gasteiger partial charge on any atom is 0.234 e. The molecule has 1 amide bonds. The van der Waals surface area contributed by atoms with Crippen molar-refractivity contribution in [1.82, 2.24) is 9.97 Å². The van der Waals surface area contributed by atoms with Crippen molar-refractivity contribution < 1.29 is 4.79 Å². The van der Waals surface area contributed by atoms with Gasteiger partial charge in [-0.05, 0) is 42.8 Å². The molecular formula is C17H14N4OS. The van der Waals surface area contributed by atoms with Gasteiger partial charge in [-0.1, -0.05) is 23.9 Å². The number of benzene rings is 2. The number of imidazole rings is 1. The smallest absolute Gasteiger partial charge is 0.234 e. The molecule has 0 spiro atoms. The van der Waals surface area contributed by atoms with Gasteiger partial charge < -0.3 is 10.3 Å². The number of aromatic nitrogens is 2. The first kappa shape index (κ1) is 15.1. The molecule has 0 aliphatic heterocycles. The Balaban J connectivity index is 1.62. The van der Waals surface area contributed by atoms with Gasteiger partial charge in [0.25, 0.3) is 0 Å². The highest BCUT2D eigenvalue weighted by atomic mass is 32.2. The maximum atomic E-state index is 12.0. The average Bonchev–Trinajstić information content (AvgIpc) is 2.95. The Morgan fingerprint density at radius 2 is 2.22 bits per heavy atom. The number of nitrogens with one attached hydrogen (secondary N) is 2. The highest BCUT2D eigenvalue weighted by molar-refractivity contribution is 7.99. The van der Waals surface area contributed by atoms with E-state index in [1.54, 1.807) is 24.3 Å². The van der Waals surface area contributed by atoms with Crippen molar-refractivity contribution in [3.8, 4) is 6.07 Å². The topological polar surface area (TPSA) is 81.6 Å². The van der Waals surface area contributed by atoms with Crippen LogP contribution in [0.5, 0.6) is 0 Å². The van der Waals surface area contributed by atoms with E-state index in [1.165, 1.54) is 11.8 Å². The Hall–Kier alpha value is -2.78. The Morgan fingerprint density at radius 1 is 1.35 bits per heavy atom. The van der Waals surface area contributed by atoms with Crippen molar-refractivity contribution in [3.63, 3.8) is 0 Å². The summed E-state index contributed by atoms with van der Waals surface area (Å²) >= 11 is 1.35. The molecular weight excluding hydrogens is 308 g/mol. The van der Waals surface area contributed by atoms with Crippen LogP contribution >= 0.6 is 11.8 Å². The number of H-pyrrole nitrogens is 1. The van der Waals surface area contributed by atoms with Crippen LogP contribution in [0.15, 0.2) is 47.6 Å². The largest absolute Gasteiger partial charge is 0.333 e. The van der Waals surface area contributed by atoms with Gasteiger partial charge in [-0.2, -0.15) is 5.26 Å². The second kappa shape index (κ2) is 6.55. The molecule has 5 nitrogen and oxygen atoms in total. The molecule has 2 aromatic carbocycles.